The largest absolute Gasteiger partial charge is 0.0683 e. The summed E-state index contributed by atoms with van der Waals surface area (Å²) in [4.78, 5) is 0. The molecule has 0 amide bonds. The first-order valence-electron chi connectivity index (χ1n) is 6.93. The van der Waals surface area contributed by atoms with Crippen molar-refractivity contribution >= 4 is 6.08 Å². The Balaban J connectivity index is 2.29. The first-order chi connectivity index (χ1) is 9.04. The lowest BCUT2D eigenvalue weighted by Gasteiger charge is -2.13. The van der Waals surface area contributed by atoms with Crippen LogP contribution in [0, 0.1) is 20.8 Å². The van der Waals surface area contributed by atoms with Gasteiger partial charge < -0.3 is 0 Å². The molecule has 2 aromatic rings. The van der Waals surface area contributed by atoms with Crippen LogP contribution in [-0.2, 0) is 6.42 Å². The normalized spacial score (nSPS) is 13.4. The Bertz CT molecular complexity index is 687. The summed E-state index contributed by atoms with van der Waals surface area (Å²) in [6.45, 7) is 8.79. The summed E-state index contributed by atoms with van der Waals surface area (Å²) in [6, 6.07) is 11.4. The molecular weight excluding hydrogens is 228 g/mol. The van der Waals surface area contributed by atoms with Crippen molar-refractivity contribution in [1.29, 1.82) is 0 Å². The third-order valence-corrected chi connectivity index (χ3v) is 3.95. The highest BCUT2D eigenvalue weighted by atomic mass is 14.2. The molecule has 0 nitrogen and oxygen atoms in total. The van der Waals surface area contributed by atoms with Crippen LogP contribution in [0.15, 0.2) is 35.9 Å². The molecule has 2 aromatic carbocycles. The fraction of sp³-hybridized carbons (Fsp3) is 0.263. The monoisotopic (exact) mass is 248 g/mol. The zero-order chi connectivity index (χ0) is 13.6. The number of benzene rings is 2. The van der Waals surface area contributed by atoms with E-state index in [1.165, 1.54) is 44.5 Å². The van der Waals surface area contributed by atoms with Crippen LogP contribution in [0.5, 0.6) is 0 Å². The van der Waals surface area contributed by atoms with E-state index in [1.807, 2.05) is 0 Å². The molecule has 0 unspecified atom stereocenters. The lowest BCUT2D eigenvalue weighted by molar-refractivity contribution is 1.18. The molecule has 0 saturated carbocycles. The molecule has 3 rings (SSSR count). The molecule has 0 bridgehead atoms. The van der Waals surface area contributed by atoms with Crippen LogP contribution in [0.2, 0.25) is 0 Å². The van der Waals surface area contributed by atoms with E-state index in [9.17, 15) is 0 Å². The van der Waals surface area contributed by atoms with Gasteiger partial charge in [-0.15, -0.1) is 0 Å². The number of hydrogen-bond acceptors (Lipinski definition) is 0. The first-order valence-corrected chi connectivity index (χ1v) is 6.93. The zero-order valence-corrected chi connectivity index (χ0v) is 12.2. The van der Waals surface area contributed by atoms with Gasteiger partial charge in [0.05, 0.1) is 0 Å². The minimum Gasteiger partial charge on any atom is -0.0683 e. The maximum Gasteiger partial charge on any atom is -0.00603 e. The predicted octanol–water partition coefficient (Wildman–Crippen LogP) is 5.24. The first kappa shape index (κ1) is 12.2. The Morgan fingerprint density at radius 2 is 1.53 bits per heavy atom. The molecule has 0 radical (unpaired) electrons. The van der Waals surface area contributed by atoms with E-state index < -0.39 is 0 Å². The average Bonchev–Trinajstić information content (AvgIpc) is 2.71. The summed E-state index contributed by atoms with van der Waals surface area (Å²) in [5.74, 6) is 0. The highest BCUT2D eigenvalue weighted by molar-refractivity contribution is 5.82. The van der Waals surface area contributed by atoms with Crippen molar-refractivity contribution < 1.29 is 0 Å². The van der Waals surface area contributed by atoms with Crippen LogP contribution in [0.1, 0.15) is 34.7 Å². The van der Waals surface area contributed by atoms with Crippen LogP contribution in [0.25, 0.3) is 17.2 Å². The minimum absolute atomic E-state index is 1.11. The quantitative estimate of drug-likeness (QED) is 0.647. The fourth-order valence-corrected chi connectivity index (χ4v) is 3.04. The van der Waals surface area contributed by atoms with Crippen LogP contribution in [-0.4, -0.2) is 0 Å². The fourth-order valence-electron chi connectivity index (χ4n) is 3.04. The minimum atomic E-state index is 1.11. The Hall–Kier alpha value is -1.82. The summed E-state index contributed by atoms with van der Waals surface area (Å²) < 4.78 is 0. The van der Waals surface area contributed by atoms with E-state index in [4.69, 9.17) is 0 Å². The van der Waals surface area contributed by atoms with Gasteiger partial charge in [-0.25, -0.2) is 0 Å². The van der Waals surface area contributed by atoms with Gasteiger partial charge in [0.1, 0.15) is 0 Å². The number of fused-ring (bicyclic) bond motifs is 1. The van der Waals surface area contributed by atoms with Crippen molar-refractivity contribution in [2.24, 2.45) is 0 Å². The standard InChI is InChI=1S/C19H20/c1-12-5-6-15(4)17(9-12)19-11-14(3)8-16-7-13(2)10-18(16)19/h5-6,8-11H,7H2,1-4H3. The highest BCUT2D eigenvalue weighted by Crippen LogP contribution is 2.36. The molecule has 0 saturated heterocycles. The Morgan fingerprint density at radius 1 is 0.789 bits per heavy atom. The van der Waals surface area contributed by atoms with E-state index in [1.54, 1.807) is 0 Å². The van der Waals surface area contributed by atoms with Crippen molar-refractivity contribution in [3.63, 3.8) is 0 Å². The van der Waals surface area contributed by atoms with Gasteiger partial charge in [0.15, 0.2) is 0 Å². The smallest absolute Gasteiger partial charge is 0.00603 e. The van der Waals surface area contributed by atoms with Crippen molar-refractivity contribution in [3.05, 3.63) is 63.7 Å². The summed E-state index contributed by atoms with van der Waals surface area (Å²) in [6.07, 6.45) is 3.46. The summed E-state index contributed by atoms with van der Waals surface area (Å²) in [5, 5.41) is 0. The van der Waals surface area contributed by atoms with Gasteiger partial charge in [0.2, 0.25) is 0 Å². The summed E-state index contributed by atoms with van der Waals surface area (Å²) in [7, 11) is 0. The number of rotatable bonds is 1. The van der Waals surface area contributed by atoms with Crippen molar-refractivity contribution in [3.8, 4) is 11.1 Å². The molecule has 0 atom stereocenters. The highest BCUT2D eigenvalue weighted by Gasteiger charge is 2.16. The average molecular weight is 248 g/mol. The van der Waals surface area contributed by atoms with Gasteiger partial charge in [-0.05, 0) is 61.9 Å². The topological polar surface area (TPSA) is 0 Å². The Labute approximate surface area is 115 Å². The molecule has 0 N–H and O–H groups in total. The Morgan fingerprint density at radius 3 is 2.32 bits per heavy atom. The van der Waals surface area contributed by atoms with Gasteiger partial charge in [-0.2, -0.15) is 0 Å². The van der Waals surface area contributed by atoms with Gasteiger partial charge in [0.25, 0.3) is 0 Å². The van der Waals surface area contributed by atoms with E-state index >= 15 is 0 Å². The molecule has 19 heavy (non-hydrogen) atoms. The number of aryl methyl sites for hydroxylation is 3. The van der Waals surface area contributed by atoms with Crippen LogP contribution >= 0.6 is 0 Å². The molecule has 0 heteroatoms. The Kier molecular flexibility index (Phi) is 2.82. The molecular formula is C19H20. The molecule has 96 valence electrons. The van der Waals surface area contributed by atoms with Gasteiger partial charge in [-0.1, -0.05) is 53.1 Å². The van der Waals surface area contributed by atoms with Crippen molar-refractivity contribution in [1.82, 2.24) is 0 Å². The lowest BCUT2D eigenvalue weighted by atomic mass is 9.91. The van der Waals surface area contributed by atoms with Crippen LogP contribution in [0.4, 0.5) is 0 Å². The third kappa shape index (κ3) is 2.12. The molecule has 0 fully saturated rings. The van der Waals surface area contributed by atoms with Gasteiger partial charge in [-0.3, -0.25) is 0 Å². The maximum absolute atomic E-state index is 2.35. The third-order valence-electron chi connectivity index (χ3n) is 3.95. The summed E-state index contributed by atoms with van der Waals surface area (Å²) >= 11 is 0. The van der Waals surface area contributed by atoms with E-state index in [2.05, 4.69) is 64.1 Å². The second kappa shape index (κ2) is 4.38. The van der Waals surface area contributed by atoms with Crippen molar-refractivity contribution in [2.45, 2.75) is 34.1 Å². The molecule has 1 aliphatic carbocycles. The summed E-state index contributed by atoms with van der Waals surface area (Å²) in [5.41, 5.74) is 11.2. The predicted molar refractivity (Wildman–Crippen MR) is 83.4 cm³/mol. The van der Waals surface area contributed by atoms with E-state index in [-0.39, 0.29) is 0 Å². The number of hydrogen-bond donors (Lipinski definition) is 0. The molecule has 1 aliphatic rings. The van der Waals surface area contributed by atoms with E-state index in [0.717, 1.165) is 6.42 Å². The lowest BCUT2D eigenvalue weighted by Crippen LogP contribution is -1.92. The second-order valence-electron chi connectivity index (χ2n) is 5.87. The SMILES string of the molecule is CC1=Cc2c(cc(C)cc2-c2cc(C)ccc2C)C1. The molecule has 0 aliphatic heterocycles. The number of allylic oxidation sites excluding steroid dienone is 1. The second-order valence-corrected chi connectivity index (χ2v) is 5.87. The maximum atomic E-state index is 2.35. The molecule has 0 spiro atoms. The van der Waals surface area contributed by atoms with Crippen molar-refractivity contribution in [2.75, 3.05) is 0 Å². The van der Waals surface area contributed by atoms with Crippen LogP contribution in [0.3, 0.4) is 0 Å². The van der Waals surface area contributed by atoms with Crippen LogP contribution < -0.4 is 0 Å². The van der Waals surface area contributed by atoms with Gasteiger partial charge >= 0.3 is 0 Å². The van der Waals surface area contributed by atoms with Gasteiger partial charge in [0, 0.05) is 0 Å². The molecule has 0 aromatic heterocycles. The van der Waals surface area contributed by atoms with E-state index in [0.29, 0.717) is 0 Å². The molecule has 0 heterocycles. The zero-order valence-electron chi connectivity index (χ0n) is 12.2.